The number of aromatic amines is 2. The smallest absolute Gasteiger partial charge is 0.259 e. The Hall–Kier alpha value is -3.45. The van der Waals surface area contributed by atoms with Crippen LogP contribution in [-0.4, -0.2) is 63.9 Å². The number of benzene rings is 2. The number of para-hydroxylation sites is 1. The molecule has 0 unspecified atom stereocenters. The number of rotatable bonds is 4. The lowest BCUT2D eigenvalue weighted by Crippen LogP contribution is -2.31. The summed E-state index contributed by atoms with van der Waals surface area (Å²) in [5, 5.41) is 0.972. The molecule has 2 N–H and O–H groups in total. The standard InChI is InChI=1S/C24H25N5O2/c1-28-12-13-29(11-9-22(28)30)10-8-16-6-7-20-21(14-16)26-23(25-20)18-15-17-4-2-3-5-19(17)27-24(18)31/h2-7,14-15H,8-13H2,1H3,(H,25,26)(H,27,31). The van der Waals surface area contributed by atoms with Crippen molar-refractivity contribution in [1.82, 2.24) is 24.8 Å². The Kier molecular flexibility index (Phi) is 5.03. The maximum Gasteiger partial charge on any atom is 0.259 e. The van der Waals surface area contributed by atoms with Crippen molar-refractivity contribution in [2.45, 2.75) is 12.8 Å². The fraction of sp³-hybridized carbons (Fsp3) is 0.292. The van der Waals surface area contributed by atoms with Crippen molar-refractivity contribution in [3.8, 4) is 11.4 Å². The zero-order chi connectivity index (χ0) is 21.4. The van der Waals surface area contributed by atoms with E-state index in [2.05, 4.69) is 27.0 Å². The van der Waals surface area contributed by atoms with Gasteiger partial charge in [-0.1, -0.05) is 24.3 Å². The van der Waals surface area contributed by atoms with E-state index in [1.807, 2.05) is 48.3 Å². The van der Waals surface area contributed by atoms with E-state index in [4.69, 9.17) is 4.98 Å². The lowest BCUT2D eigenvalue weighted by Gasteiger charge is -2.19. The average Bonchev–Trinajstić information content (AvgIpc) is 3.13. The number of nitrogens with one attached hydrogen (secondary N) is 2. The molecule has 2 aromatic carbocycles. The highest BCUT2D eigenvalue weighted by Crippen LogP contribution is 2.22. The molecule has 0 saturated carbocycles. The van der Waals surface area contributed by atoms with Crippen molar-refractivity contribution in [3.63, 3.8) is 0 Å². The van der Waals surface area contributed by atoms with Gasteiger partial charge in [-0.15, -0.1) is 0 Å². The summed E-state index contributed by atoms with van der Waals surface area (Å²) in [5.41, 5.74) is 4.16. The van der Waals surface area contributed by atoms with E-state index in [1.165, 1.54) is 5.56 Å². The first kappa shape index (κ1) is 19.5. The zero-order valence-electron chi connectivity index (χ0n) is 17.5. The molecule has 0 aliphatic carbocycles. The summed E-state index contributed by atoms with van der Waals surface area (Å²) in [6.07, 6.45) is 1.48. The van der Waals surface area contributed by atoms with Gasteiger partial charge in [-0.2, -0.15) is 0 Å². The molecule has 0 atom stereocenters. The second kappa shape index (κ2) is 8.00. The van der Waals surface area contributed by atoms with Gasteiger partial charge in [0.2, 0.25) is 5.91 Å². The van der Waals surface area contributed by atoms with E-state index in [1.54, 1.807) is 0 Å². The number of pyridine rings is 1. The quantitative estimate of drug-likeness (QED) is 0.537. The molecule has 7 nitrogen and oxygen atoms in total. The van der Waals surface area contributed by atoms with E-state index in [0.29, 0.717) is 17.8 Å². The molecule has 0 radical (unpaired) electrons. The summed E-state index contributed by atoms with van der Waals surface area (Å²) >= 11 is 0. The summed E-state index contributed by atoms with van der Waals surface area (Å²) in [7, 11) is 1.87. The Labute approximate surface area is 179 Å². The Morgan fingerprint density at radius 2 is 1.84 bits per heavy atom. The molecule has 1 fully saturated rings. The number of carbonyl (C=O) groups excluding carboxylic acids is 1. The summed E-state index contributed by atoms with van der Waals surface area (Å²) < 4.78 is 0. The lowest BCUT2D eigenvalue weighted by atomic mass is 10.1. The van der Waals surface area contributed by atoms with Crippen molar-refractivity contribution in [3.05, 3.63) is 64.4 Å². The van der Waals surface area contributed by atoms with Gasteiger partial charge in [0.05, 0.1) is 16.6 Å². The van der Waals surface area contributed by atoms with Crippen LogP contribution in [0.1, 0.15) is 12.0 Å². The van der Waals surface area contributed by atoms with Crippen LogP contribution in [0.25, 0.3) is 33.3 Å². The van der Waals surface area contributed by atoms with E-state index in [0.717, 1.165) is 54.5 Å². The van der Waals surface area contributed by atoms with Crippen LogP contribution in [0.5, 0.6) is 0 Å². The summed E-state index contributed by atoms with van der Waals surface area (Å²) in [4.78, 5) is 39.5. The van der Waals surface area contributed by atoms with E-state index >= 15 is 0 Å². The molecule has 1 aliphatic heterocycles. The number of fused-ring (bicyclic) bond motifs is 2. The molecule has 31 heavy (non-hydrogen) atoms. The number of amides is 1. The normalized spacial score (nSPS) is 15.6. The molecule has 2 aromatic heterocycles. The number of hydrogen-bond acceptors (Lipinski definition) is 4. The molecular weight excluding hydrogens is 390 g/mol. The van der Waals surface area contributed by atoms with Crippen LogP contribution in [-0.2, 0) is 11.2 Å². The first-order chi connectivity index (χ1) is 15.1. The SMILES string of the molecule is CN1CCN(CCc2ccc3[nH]c(-c4cc5ccccc5[nH]c4=O)nc3c2)CCC1=O. The van der Waals surface area contributed by atoms with Crippen LogP contribution in [0.2, 0.25) is 0 Å². The second-order valence-electron chi connectivity index (χ2n) is 8.19. The van der Waals surface area contributed by atoms with Crippen LogP contribution in [0.3, 0.4) is 0 Å². The maximum absolute atomic E-state index is 12.6. The van der Waals surface area contributed by atoms with Crippen molar-refractivity contribution < 1.29 is 4.79 Å². The predicted octanol–water partition coefficient (Wildman–Crippen LogP) is 2.78. The molecular formula is C24H25N5O2. The van der Waals surface area contributed by atoms with Gasteiger partial charge in [-0.25, -0.2) is 4.98 Å². The molecule has 1 amide bonds. The van der Waals surface area contributed by atoms with Gasteiger partial charge >= 0.3 is 0 Å². The Balaban J connectivity index is 1.36. The third kappa shape index (κ3) is 3.96. The third-order valence-electron chi connectivity index (χ3n) is 6.09. The van der Waals surface area contributed by atoms with Crippen LogP contribution < -0.4 is 5.56 Å². The molecule has 158 valence electrons. The summed E-state index contributed by atoms with van der Waals surface area (Å²) in [6, 6.07) is 15.8. The fourth-order valence-electron chi connectivity index (χ4n) is 4.14. The minimum atomic E-state index is -0.154. The summed E-state index contributed by atoms with van der Waals surface area (Å²) in [6.45, 7) is 3.40. The second-order valence-corrected chi connectivity index (χ2v) is 8.19. The van der Waals surface area contributed by atoms with Gasteiger partial charge < -0.3 is 19.8 Å². The Bertz CT molecular complexity index is 1320. The first-order valence-electron chi connectivity index (χ1n) is 10.6. The number of imidazole rings is 1. The predicted molar refractivity (Wildman–Crippen MR) is 122 cm³/mol. The van der Waals surface area contributed by atoms with E-state index < -0.39 is 0 Å². The molecule has 0 bridgehead atoms. The Morgan fingerprint density at radius 1 is 0.968 bits per heavy atom. The fourth-order valence-corrected chi connectivity index (χ4v) is 4.14. The number of carbonyl (C=O) groups is 1. The maximum atomic E-state index is 12.6. The Morgan fingerprint density at radius 3 is 2.74 bits per heavy atom. The zero-order valence-corrected chi connectivity index (χ0v) is 17.5. The third-order valence-corrected chi connectivity index (χ3v) is 6.09. The molecule has 7 heteroatoms. The lowest BCUT2D eigenvalue weighted by molar-refractivity contribution is -0.129. The van der Waals surface area contributed by atoms with Crippen molar-refractivity contribution in [2.24, 2.45) is 0 Å². The highest BCUT2D eigenvalue weighted by atomic mass is 16.2. The monoisotopic (exact) mass is 415 g/mol. The number of likely N-dealkylation sites (N-methyl/N-ethyl adjacent to an activating group) is 1. The van der Waals surface area contributed by atoms with E-state index in [9.17, 15) is 9.59 Å². The molecule has 5 rings (SSSR count). The highest BCUT2D eigenvalue weighted by molar-refractivity contribution is 5.85. The van der Waals surface area contributed by atoms with Gasteiger partial charge in [0, 0.05) is 45.2 Å². The van der Waals surface area contributed by atoms with E-state index in [-0.39, 0.29) is 11.5 Å². The topological polar surface area (TPSA) is 85.1 Å². The van der Waals surface area contributed by atoms with Crippen molar-refractivity contribution in [2.75, 3.05) is 33.2 Å². The molecule has 1 aliphatic rings. The molecule has 1 saturated heterocycles. The van der Waals surface area contributed by atoms with Crippen LogP contribution in [0, 0.1) is 0 Å². The van der Waals surface area contributed by atoms with Crippen molar-refractivity contribution in [1.29, 1.82) is 0 Å². The number of aromatic nitrogens is 3. The number of H-pyrrole nitrogens is 2. The van der Waals surface area contributed by atoms with Gasteiger partial charge in [0.15, 0.2) is 0 Å². The van der Waals surface area contributed by atoms with Gasteiger partial charge in [0.25, 0.3) is 5.56 Å². The van der Waals surface area contributed by atoms with Crippen LogP contribution in [0.15, 0.2) is 53.3 Å². The number of hydrogen-bond donors (Lipinski definition) is 2. The average molecular weight is 415 g/mol. The molecule has 4 aromatic rings. The van der Waals surface area contributed by atoms with Crippen molar-refractivity contribution >= 4 is 27.8 Å². The first-order valence-corrected chi connectivity index (χ1v) is 10.6. The minimum absolute atomic E-state index is 0.154. The highest BCUT2D eigenvalue weighted by Gasteiger charge is 2.17. The number of nitrogens with zero attached hydrogens (tertiary/aromatic N) is 3. The van der Waals surface area contributed by atoms with Crippen LogP contribution in [0.4, 0.5) is 0 Å². The van der Waals surface area contributed by atoms with Gasteiger partial charge in [0.1, 0.15) is 5.82 Å². The molecule has 0 spiro atoms. The van der Waals surface area contributed by atoms with Crippen LogP contribution >= 0.6 is 0 Å². The molecule has 3 heterocycles. The van der Waals surface area contributed by atoms with Gasteiger partial charge in [-0.3, -0.25) is 9.59 Å². The largest absolute Gasteiger partial charge is 0.344 e. The minimum Gasteiger partial charge on any atom is -0.344 e. The van der Waals surface area contributed by atoms with Gasteiger partial charge in [-0.05, 0) is 41.6 Å². The summed E-state index contributed by atoms with van der Waals surface area (Å²) in [5.74, 6) is 0.796.